The van der Waals surface area contributed by atoms with Crippen LogP contribution in [0.2, 0.25) is 0 Å². The van der Waals surface area contributed by atoms with Crippen molar-refractivity contribution in [1.82, 2.24) is 0 Å². The van der Waals surface area contributed by atoms with Gasteiger partial charge in [-0.1, -0.05) is 18.2 Å². The van der Waals surface area contributed by atoms with Crippen LogP contribution in [0.15, 0.2) is 30.0 Å². The first kappa shape index (κ1) is 9.91. The van der Waals surface area contributed by atoms with E-state index >= 15 is 0 Å². The van der Waals surface area contributed by atoms with Gasteiger partial charge in [-0.15, -0.1) is 0 Å². The Morgan fingerprint density at radius 2 is 1.79 bits per heavy atom. The molecule has 5 nitrogen and oxygen atoms in total. The Morgan fingerprint density at radius 1 is 1.21 bits per heavy atom. The lowest BCUT2D eigenvalue weighted by atomic mass is 10.1. The van der Waals surface area contributed by atoms with E-state index in [-0.39, 0.29) is 5.70 Å². The molecule has 0 aliphatic carbocycles. The molecular formula is C9H11N3O2. The first-order valence-corrected chi connectivity index (χ1v) is 3.87. The number of para-hydroxylation sites is 1. The lowest BCUT2D eigenvalue weighted by molar-refractivity contribution is -0.132. The molecule has 0 fully saturated rings. The monoisotopic (exact) mass is 193 g/mol. The summed E-state index contributed by atoms with van der Waals surface area (Å²) in [6, 6.07) is 6.66. The van der Waals surface area contributed by atoms with Crippen LogP contribution >= 0.6 is 0 Å². The first-order valence-electron chi connectivity index (χ1n) is 3.87. The van der Waals surface area contributed by atoms with Gasteiger partial charge in [0.15, 0.2) is 0 Å². The van der Waals surface area contributed by atoms with Gasteiger partial charge in [0.25, 0.3) is 0 Å². The second-order valence-corrected chi connectivity index (χ2v) is 2.72. The average molecular weight is 193 g/mol. The number of anilines is 1. The summed E-state index contributed by atoms with van der Waals surface area (Å²) in [5.74, 6) is -1.26. The van der Waals surface area contributed by atoms with Gasteiger partial charge in [-0.3, -0.25) is 0 Å². The normalized spacial score (nSPS) is 12.0. The van der Waals surface area contributed by atoms with Crippen LogP contribution in [0.25, 0.3) is 5.70 Å². The molecule has 7 N–H and O–H groups in total. The highest BCUT2D eigenvalue weighted by atomic mass is 16.4. The molecule has 1 aromatic carbocycles. The number of carboxylic acid groups (broad SMARTS) is 1. The topological polar surface area (TPSA) is 115 Å². The molecule has 0 saturated heterocycles. The predicted molar refractivity (Wildman–Crippen MR) is 53.8 cm³/mol. The highest BCUT2D eigenvalue weighted by Gasteiger charge is 2.10. The fraction of sp³-hybridized carbons (Fsp3) is 0. The molecule has 0 aliphatic rings. The Hall–Kier alpha value is -2.17. The number of carbonyl (C=O) groups is 1. The van der Waals surface area contributed by atoms with Gasteiger partial charge in [0.1, 0.15) is 5.70 Å². The van der Waals surface area contributed by atoms with Crippen molar-refractivity contribution < 1.29 is 9.90 Å². The zero-order valence-electron chi connectivity index (χ0n) is 7.40. The molecule has 0 atom stereocenters. The molecular weight excluding hydrogens is 182 g/mol. The maximum Gasteiger partial charge on any atom is 0.353 e. The van der Waals surface area contributed by atoms with Crippen LogP contribution < -0.4 is 17.2 Å². The van der Waals surface area contributed by atoms with Crippen LogP contribution in [0, 0.1) is 0 Å². The van der Waals surface area contributed by atoms with Gasteiger partial charge in [-0.05, 0) is 6.07 Å². The van der Waals surface area contributed by atoms with E-state index in [1.54, 1.807) is 24.3 Å². The van der Waals surface area contributed by atoms with E-state index in [0.717, 1.165) is 0 Å². The molecule has 0 saturated carbocycles. The maximum absolute atomic E-state index is 10.5. The van der Waals surface area contributed by atoms with Crippen LogP contribution in [0.4, 0.5) is 5.69 Å². The summed E-state index contributed by atoms with van der Waals surface area (Å²) in [6.07, 6.45) is 0. The Kier molecular flexibility index (Phi) is 2.62. The largest absolute Gasteiger partial charge is 0.477 e. The van der Waals surface area contributed by atoms with Crippen molar-refractivity contribution in [2.24, 2.45) is 11.5 Å². The van der Waals surface area contributed by atoms with Crippen LogP contribution in [-0.4, -0.2) is 11.1 Å². The zero-order valence-corrected chi connectivity index (χ0v) is 7.40. The van der Waals surface area contributed by atoms with Gasteiger partial charge in [-0.2, -0.15) is 0 Å². The van der Waals surface area contributed by atoms with Crippen molar-refractivity contribution in [3.63, 3.8) is 0 Å². The number of hydrogen-bond donors (Lipinski definition) is 4. The summed E-state index contributed by atoms with van der Waals surface area (Å²) in [6.45, 7) is 0. The smallest absolute Gasteiger partial charge is 0.353 e. The van der Waals surface area contributed by atoms with Gasteiger partial charge in [-0.25, -0.2) is 4.79 Å². The van der Waals surface area contributed by atoms with Gasteiger partial charge in [0.05, 0.1) is 5.70 Å². The summed E-state index contributed by atoms with van der Waals surface area (Å²) in [7, 11) is 0. The van der Waals surface area contributed by atoms with E-state index in [0.29, 0.717) is 11.3 Å². The first-order chi connectivity index (χ1) is 6.54. The van der Waals surface area contributed by atoms with Crippen LogP contribution in [0.3, 0.4) is 0 Å². The average Bonchev–Trinajstić information content (AvgIpc) is 2.16. The van der Waals surface area contributed by atoms with Crippen molar-refractivity contribution in [3.8, 4) is 0 Å². The molecule has 14 heavy (non-hydrogen) atoms. The van der Waals surface area contributed by atoms with Crippen molar-refractivity contribution >= 4 is 17.4 Å². The third-order valence-electron chi connectivity index (χ3n) is 1.77. The summed E-state index contributed by atoms with van der Waals surface area (Å²) in [4.78, 5) is 10.5. The van der Waals surface area contributed by atoms with Crippen LogP contribution in [0.1, 0.15) is 5.56 Å². The number of carboxylic acids is 1. The predicted octanol–water partition coefficient (Wildman–Crippen LogP) is -0.0606. The number of nitrogen functional groups attached to an aromatic ring is 1. The second kappa shape index (κ2) is 3.69. The number of aliphatic carboxylic acids is 1. The van der Waals surface area contributed by atoms with Crippen LogP contribution in [-0.2, 0) is 4.79 Å². The Balaban J connectivity index is 3.25. The minimum absolute atomic E-state index is 0.0180. The summed E-state index contributed by atoms with van der Waals surface area (Å²) >= 11 is 0. The van der Waals surface area contributed by atoms with E-state index in [2.05, 4.69) is 0 Å². The number of hydrogen-bond acceptors (Lipinski definition) is 4. The fourth-order valence-corrected chi connectivity index (χ4v) is 1.00. The molecule has 0 heterocycles. The Labute approximate surface area is 80.8 Å². The summed E-state index contributed by atoms with van der Waals surface area (Å²) in [5, 5.41) is 8.60. The summed E-state index contributed by atoms with van der Waals surface area (Å²) in [5.41, 5.74) is 16.8. The second-order valence-electron chi connectivity index (χ2n) is 2.72. The molecule has 74 valence electrons. The third-order valence-corrected chi connectivity index (χ3v) is 1.77. The molecule has 1 rings (SSSR count). The lowest BCUT2D eigenvalue weighted by Gasteiger charge is -2.06. The van der Waals surface area contributed by atoms with Crippen molar-refractivity contribution in [2.75, 3.05) is 5.73 Å². The molecule has 0 aliphatic heterocycles. The quantitative estimate of drug-likeness (QED) is 0.388. The van der Waals surface area contributed by atoms with Gasteiger partial charge in [0, 0.05) is 11.3 Å². The van der Waals surface area contributed by atoms with Crippen molar-refractivity contribution in [2.45, 2.75) is 0 Å². The molecule has 0 amide bonds. The molecule has 0 radical (unpaired) electrons. The number of nitrogens with two attached hydrogens (primary N) is 3. The van der Waals surface area contributed by atoms with E-state index in [1.165, 1.54) is 0 Å². The highest BCUT2D eigenvalue weighted by Crippen LogP contribution is 2.18. The highest BCUT2D eigenvalue weighted by molar-refractivity contribution is 5.96. The fourth-order valence-electron chi connectivity index (χ4n) is 1.00. The minimum Gasteiger partial charge on any atom is -0.477 e. The molecule has 0 unspecified atom stereocenters. The number of rotatable bonds is 2. The van der Waals surface area contributed by atoms with E-state index in [1.807, 2.05) is 0 Å². The maximum atomic E-state index is 10.5. The summed E-state index contributed by atoms with van der Waals surface area (Å²) < 4.78 is 0. The van der Waals surface area contributed by atoms with Crippen molar-refractivity contribution in [3.05, 3.63) is 35.5 Å². The molecule has 0 spiro atoms. The molecule has 0 aromatic heterocycles. The minimum atomic E-state index is -1.26. The number of benzene rings is 1. The van der Waals surface area contributed by atoms with E-state index in [4.69, 9.17) is 22.3 Å². The zero-order chi connectivity index (χ0) is 10.7. The molecule has 5 heteroatoms. The lowest BCUT2D eigenvalue weighted by Crippen LogP contribution is -2.17. The van der Waals surface area contributed by atoms with Crippen LogP contribution in [0.5, 0.6) is 0 Å². The van der Waals surface area contributed by atoms with E-state index in [9.17, 15) is 4.79 Å². The Morgan fingerprint density at radius 3 is 2.29 bits per heavy atom. The molecule has 1 aromatic rings. The Bertz CT molecular complexity index is 399. The standard InChI is InChI=1S/C9H11N3O2/c10-6-4-2-1-3-5(6)7(11)8(12)9(13)14/h1-4H,10-12H2,(H,13,14). The third kappa shape index (κ3) is 1.77. The molecule has 0 bridgehead atoms. The SMILES string of the molecule is NC(C(=O)O)=C(N)c1ccccc1N. The van der Waals surface area contributed by atoms with Gasteiger partial charge in [0.2, 0.25) is 0 Å². The van der Waals surface area contributed by atoms with Gasteiger partial charge >= 0.3 is 5.97 Å². The van der Waals surface area contributed by atoms with Gasteiger partial charge < -0.3 is 22.3 Å². The van der Waals surface area contributed by atoms with E-state index < -0.39 is 11.7 Å². The van der Waals surface area contributed by atoms with Crippen molar-refractivity contribution in [1.29, 1.82) is 0 Å².